The highest BCUT2D eigenvalue weighted by Gasteiger charge is 2.20. The van der Waals surface area contributed by atoms with Gasteiger partial charge in [-0.2, -0.15) is 0 Å². The van der Waals surface area contributed by atoms with E-state index >= 15 is 0 Å². The highest BCUT2D eigenvalue weighted by Crippen LogP contribution is 2.39. The summed E-state index contributed by atoms with van der Waals surface area (Å²) in [6, 6.07) is 13.7. The van der Waals surface area contributed by atoms with Gasteiger partial charge in [-0.1, -0.05) is 108 Å². The number of fused-ring (bicyclic) bond motifs is 3. The van der Waals surface area contributed by atoms with E-state index in [1.54, 1.807) is 16.7 Å². The van der Waals surface area contributed by atoms with Crippen LogP contribution in [0.1, 0.15) is 99.8 Å². The number of aryl methyl sites for hydroxylation is 1. The Kier molecular flexibility index (Phi) is 7.99. The Morgan fingerprint density at radius 2 is 1.30 bits per heavy atom. The first-order chi connectivity index (χ1) is 13.3. The van der Waals surface area contributed by atoms with E-state index < -0.39 is 0 Å². The van der Waals surface area contributed by atoms with Gasteiger partial charge in [-0.25, -0.2) is 0 Å². The Labute approximate surface area is 167 Å². The fourth-order valence-corrected chi connectivity index (χ4v) is 4.66. The van der Waals surface area contributed by atoms with Crippen LogP contribution in [0.15, 0.2) is 36.4 Å². The van der Waals surface area contributed by atoms with Crippen LogP contribution in [0.5, 0.6) is 0 Å². The minimum Gasteiger partial charge on any atom is -0.0654 e. The Balaban J connectivity index is 1.35. The lowest BCUT2D eigenvalue weighted by Crippen LogP contribution is -1.95. The summed E-state index contributed by atoms with van der Waals surface area (Å²) in [6.45, 7) is 4.64. The molecule has 0 saturated carbocycles. The largest absolute Gasteiger partial charge is 0.0654 e. The fraction of sp³-hybridized carbons (Fsp3) is 0.556. The lowest BCUT2D eigenvalue weighted by Gasteiger charge is -2.11. The van der Waals surface area contributed by atoms with Gasteiger partial charge >= 0.3 is 0 Å². The standard InChI is InChI=1S/C27H38/c1-3-4-5-6-7-8-9-10-11-12-13-16-23-19-20-26-25-18-15-14-17-24(25)21-27(26)22(23)2/h14-15,17-20H,3-13,16,21H2,1-2H3. The normalized spacial score (nSPS) is 12.2. The van der Waals surface area contributed by atoms with Crippen LogP contribution in [-0.2, 0) is 12.8 Å². The van der Waals surface area contributed by atoms with E-state index in [0.717, 1.165) is 6.42 Å². The SMILES string of the molecule is CCCCCCCCCCCCCc1ccc2c(c1C)Cc1ccccc1-2. The number of unbranched alkanes of at least 4 members (excludes halogenated alkanes) is 10. The van der Waals surface area contributed by atoms with Crippen molar-refractivity contribution in [2.75, 3.05) is 0 Å². The molecule has 146 valence electrons. The van der Waals surface area contributed by atoms with Crippen LogP contribution in [0, 0.1) is 6.92 Å². The van der Waals surface area contributed by atoms with E-state index in [1.165, 1.54) is 93.7 Å². The zero-order valence-electron chi connectivity index (χ0n) is 17.7. The first-order valence-electron chi connectivity index (χ1n) is 11.5. The van der Waals surface area contributed by atoms with Gasteiger partial charge in [-0.3, -0.25) is 0 Å². The van der Waals surface area contributed by atoms with Crippen molar-refractivity contribution < 1.29 is 0 Å². The minimum atomic E-state index is 1.13. The fourth-order valence-electron chi connectivity index (χ4n) is 4.66. The Hall–Kier alpha value is -1.56. The smallest absolute Gasteiger partial charge is 0.00107 e. The minimum absolute atomic E-state index is 1.13. The zero-order chi connectivity index (χ0) is 18.9. The molecular formula is C27H38. The van der Waals surface area contributed by atoms with Gasteiger partial charge < -0.3 is 0 Å². The molecular weight excluding hydrogens is 324 g/mol. The number of hydrogen-bond donors (Lipinski definition) is 0. The topological polar surface area (TPSA) is 0 Å². The third kappa shape index (κ3) is 5.47. The van der Waals surface area contributed by atoms with Gasteiger partial charge in [0.05, 0.1) is 0 Å². The van der Waals surface area contributed by atoms with Crippen molar-refractivity contribution in [1.82, 2.24) is 0 Å². The molecule has 0 amide bonds. The molecule has 27 heavy (non-hydrogen) atoms. The summed E-state index contributed by atoms with van der Waals surface area (Å²) in [6.07, 6.45) is 18.0. The maximum Gasteiger partial charge on any atom is -0.00107 e. The van der Waals surface area contributed by atoms with E-state index in [-0.39, 0.29) is 0 Å². The van der Waals surface area contributed by atoms with Gasteiger partial charge in [0, 0.05) is 0 Å². The summed E-state index contributed by atoms with van der Waals surface area (Å²) in [4.78, 5) is 0. The molecule has 0 spiro atoms. The van der Waals surface area contributed by atoms with E-state index in [4.69, 9.17) is 0 Å². The summed E-state index contributed by atoms with van der Waals surface area (Å²) in [5, 5.41) is 0. The van der Waals surface area contributed by atoms with Crippen LogP contribution >= 0.6 is 0 Å². The highest BCUT2D eigenvalue weighted by molar-refractivity contribution is 5.78. The maximum atomic E-state index is 2.40. The molecule has 0 bridgehead atoms. The molecule has 0 atom stereocenters. The summed E-state index contributed by atoms with van der Waals surface area (Å²) in [5.74, 6) is 0. The third-order valence-corrected chi connectivity index (χ3v) is 6.44. The van der Waals surface area contributed by atoms with Crippen molar-refractivity contribution in [1.29, 1.82) is 0 Å². The second-order valence-corrected chi connectivity index (χ2v) is 8.50. The van der Waals surface area contributed by atoms with Crippen LogP contribution in [0.25, 0.3) is 11.1 Å². The molecule has 0 unspecified atom stereocenters. The molecule has 2 aromatic carbocycles. The number of hydrogen-bond acceptors (Lipinski definition) is 0. The van der Waals surface area contributed by atoms with Crippen molar-refractivity contribution >= 4 is 0 Å². The zero-order valence-corrected chi connectivity index (χ0v) is 17.7. The monoisotopic (exact) mass is 362 g/mol. The molecule has 0 aromatic heterocycles. The van der Waals surface area contributed by atoms with Gasteiger partial charge in [-0.15, -0.1) is 0 Å². The molecule has 0 heterocycles. The summed E-state index contributed by atoms with van der Waals surface area (Å²) in [7, 11) is 0. The lowest BCUT2D eigenvalue weighted by molar-refractivity contribution is 0.549. The first kappa shape index (κ1) is 20.2. The molecule has 1 aliphatic rings. The van der Waals surface area contributed by atoms with Crippen LogP contribution in [0.4, 0.5) is 0 Å². The van der Waals surface area contributed by atoms with Crippen LogP contribution in [0.2, 0.25) is 0 Å². The van der Waals surface area contributed by atoms with Crippen molar-refractivity contribution in [2.24, 2.45) is 0 Å². The highest BCUT2D eigenvalue weighted by atomic mass is 14.2. The van der Waals surface area contributed by atoms with E-state index in [2.05, 4.69) is 50.2 Å². The predicted octanol–water partition coefficient (Wildman–Crippen LogP) is 8.42. The third-order valence-electron chi connectivity index (χ3n) is 6.44. The second kappa shape index (κ2) is 10.7. The summed E-state index contributed by atoms with van der Waals surface area (Å²) >= 11 is 0. The average molecular weight is 363 g/mol. The van der Waals surface area contributed by atoms with E-state index in [1.807, 2.05) is 0 Å². The van der Waals surface area contributed by atoms with Gasteiger partial charge in [-0.05, 0) is 59.6 Å². The number of rotatable bonds is 12. The van der Waals surface area contributed by atoms with Gasteiger partial charge in [0.2, 0.25) is 0 Å². The molecule has 0 aliphatic heterocycles. The first-order valence-corrected chi connectivity index (χ1v) is 11.5. The predicted molar refractivity (Wildman–Crippen MR) is 120 cm³/mol. The molecule has 1 aliphatic carbocycles. The van der Waals surface area contributed by atoms with Crippen molar-refractivity contribution in [3.63, 3.8) is 0 Å². The summed E-state index contributed by atoms with van der Waals surface area (Å²) < 4.78 is 0. The Morgan fingerprint density at radius 1 is 0.667 bits per heavy atom. The molecule has 0 nitrogen and oxygen atoms in total. The van der Waals surface area contributed by atoms with E-state index in [0.29, 0.717) is 0 Å². The average Bonchev–Trinajstić information content (AvgIpc) is 3.07. The number of benzene rings is 2. The van der Waals surface area contributed by atoms with Gasteiger partial charge in [0.15, 0.2) is 0 Å². The van der Waals surface area contributed by atoms with Crippen molar-refractivity contribution in [3.8, 4) is 11.1 Å². The van der Waals surface area contributed by atoms with Crippen LogP contribution in [0.3, 0.4) is 0 Å². The Bertz CT molecular complexity index is 710. The lowest BCUT2D eigenvalue weighted by atomic mass is 9.94. The molecule has 0 radical (unpaired) electrons. The second-order valence-electron chi connectivity index (χ2n) is 8.50. The molecule has 2 aromatic rings. The summed E-state index contributed by atoms with van der Waals surface area (Å²) in [5.41, 5.74) is 9.15. The molecule has 0 N–H and O–H groups in total. The quantitative estimate of drug-likeness (QED) is 0.284. The maximum absolute atomic E-state index is 2.40. The van der Waals surface area contributed by atoms with Gasteiger partial charge in [0.25, 0.3) is 0 Å². The molecule has 0 fully saturated rings. The van der Waals surface area contributed by atoms with Crippen LogP contribution < -0.4 is 0 Å². The van der Waals surface area contributed by atoms with E-state index in [9.17, 15) is 0 Å². The van der Waals surface area contributed by atoms with Gasteiger partial charge in [0.1, 0.15) is 0 Å². The van der Waals surface area contributed by atoms with Crippen LogP contribution in [-0.4, -0.2) is 0 Å². The molecule has 0 heteroatoms. The van der Waals surface area contributed by atoms with Crippen molar-refractivity contribution in [3.05, 3.63) is 58.7 Å². The Morgan fingerprint density at radius 3 is 2.00 bits per heavy atom. The van der Waals surface area contributed by atoms with Crippen molar-refractivity contribution in [2.45, 2.75) is 97.3 Å². The molecule has 0 saturated heterocycles. The molecule has 3 rings (SSSR count).